The van der Waals surface area contributed by atoms with E-state index in [-0.39, 0.29) is 11.7 Å². The number of hydrogen-bond acceptors (Lipinski definition) is 5. The molecule has 5 rings (SSSR count). The van der Waals surface area contributed by atoms with Crippen molar-refractivity contribution in [1.82, 2.24) is 14.9 Å². The summed E-state index contributed by atoms with van der Waals surface area (Å²) in [6.07, 6.45) is 5.00. The quantitative estimate of drug-likeness (QED) is 0.711. The number of hydrogen-bond donors (Lipinski definition) is 1. The van der Waals surface area contributed by atoms with Crippen LogP contribution in [0.25, 0.3) is 10.2 Å². The molecule has 2 fully saturated rings. The van der Waals surface area contributed by atoms with Crippen molar-refractivity contribution < 1.29 is 9.18 Å². The number of amides is 1. The highest BCUT2D eigenvalue weighted by molar-refractivity contribution is 7.20. The van der Waals surface area contributed by atoms with E-state index in [0.717, 1.165) is 40.0 Å². The number of halogens is 1. The number of benzene rings is 1. The zero-order valence-corrected chi connectivity index (χ0v) is 16.4. The Kier molecular flexibility index (Phi) is 4.27. The lowest BCUT2D eigenvalue weighted by Gasteiger charge is -2.26. The van der Waals surface area contributed by atoms with Crippen molar-refractivity contribution in [3.8, 4) is 0 Å². The number of nitrogens with zero attached hydrogens (tertiary/aromatic N) is 3. The summed E-state index contributed by atoms with van der Waals surface area (Å²) in [5.74, 6) is 1.18. The van der Waals surface area contributed by atoms with Crippen molar-refractivity contribution in [3.63, 3.8) is 0 Å². The maximum atomic E-state index is 13.9. The van der Waals surface area contributed by atoms with Gasteiger partial charge in [-0.3, -0.25) is 4.79 Å². The summed E-state index contributed by atoms with van der Waals surface area (Å²) in [5.41, 5.74) is 1.48. The second-order valence-electron chi connectivity index (χ2n) is 7.69. The van der Waals surface area contributed by atoms with Crippen molar-refractivity contribution >= 4 is 33.3 Å². The fraction of sp³-hybridized carbons (Fsp3) is 0.381. The van der Waals surface area contributed by atoms with E-state index in [4.69, 9.17) is 0 Å². The molecular weight excluding hydrogens is 375 g/mol. The second kappa shape index (κ2) is 6.81. The molecular formula is C21H21FN4OS. The lowest BCUT2D eigenvalue weighted by atomic mass is 10.1. The number of thiophene rings is 1. The average molecular weight is 396 g/mol. The summed E-state index contributed by atoms with van der Waals surface area (Å²) >= 11 is 1.43. The molecule has 1 amide bonds. The molecule has 1 aliphatic heterocycles. The van der Waals surface area contributed by atoms with Gasteiger partial charge in [-0.1, -0.05) is 18.2 Å². The van der Waals surface area contributed by atoms with E-state index in [9.17, 15) is 9.18 Å². The minimum Gasteiger partial charge on any atom is -0.365 e. The first kappa shape index (κ1) is 17.6. The molecule has 1 saturated carbocycles. The van der Waals surface area contributed by atoms with E-state index >= 15 is 0 Å². The summed E-state index contributed by atoms with van der Waals surface area (Å²) < 4.78 is 13.9. The zero-order valence-electron chi connectivity index (χ0n) is 15.6. The Bertz CT molecular complexity index is 1070. The molecule has 1 N–H and O–H groups in total. The number of fused-ring (bicyclic) bond motifs is 3. The molecule has 2 aromatic heterocycles. The molecule has 28 heavy (non-hydrogen) atoms. The molecule has 2 aliphatic rings. The van der Waals surface area contributed by atoms with Gasteiger partial charge in [0.1, 0.15) is 22.8 Å². The van der Waals surface area contributed by atoms with Gasteiger partial charge in [0.25, 0.3) is 5.91 Å². The summed E-state index contributed by atoms with van der Waals surface area (Å²) in [6.45, 7) is 3.16. The van der Waals surface area contributed by atoms with Gasteiger partial charge < -0.3 is 10.2 Å². The summed E-state index contributed by atoms with van der Waals surface area (Å²) in [7, 11) is 0. The predicted molar refractivity (Wildman–Crippen MR) is 108 cm³/mol. The van der Waals surface area contributed by atoms with Gasteiger partial charge in [-0.15, -0.1) is 11.3 Å². The number of carbonyl (C=O) groups is 1. The Hall–Kier alpha value is -2.54. The van der Waals surface area contributed by atoms with Crippen LogP contribution in [0.3, 0.4) is 0 Å². The van der Waals surface area contributed by atoms with Crippen LogP contribution in [0.5, 0.6) is 0 Å². The van der Waals surface area contributed by atoms with Gasteiger partial charge in [0.2, 0.25) is 0 Å². The van der Waals surface area contributed by atoms with Crippen molar-refractivity contribution in [3.05, 3.63) is 52.4 Å². The molecule has 1 aromatic carbocycles. The molecule has 5 nitrogen and oxygen atoms in total. The van der Waals surface area contributed by atoms with E-state index in [2.05, 4.69) is 15.3 Å². The van der Waals surface area contributed by atoms with Crippen LogP contribution in [0.15, 0.2) is 30.6 Å². The van der Waals surface area contributed by atoms with Crippen LogP contribution in [-0.4, -0.2) is 33.4 Å². The molecule has 144 valence electrons. The maximum Gasteiger partial charge on any atom is 0.264 e. The Morgan fingerprint density at radius 1 is 1.32 bits per heavy atom. The highest BCUT2D eigenvalue weighted by Crippen LogP contribution is 2.40. The van der Waals surface area contributed by atoms with Crippen LogP contribution < -0.4 is 5.32 Å². The number of piperidine rings is 1. The summed E-state index contributed by atoms with van der Waals surface area (Å²) in [5, 5.41) is 4.08. The van der Waals surface area contributed by atoms with Crippen LogP contribution in [0.2, 0.25) is 0 Å². The van der Waals surface area contributed by atoms with Gasteiger partial charge in [0, 0.05) is 24.7 Å². The molecule has 1 saturated heterocycles. The molecule has 2 bridgehead atoms. The number of aromatic nitrogens is 2. The van der Waals surface area contributed by atoms with Gasteiger partial charge in [-0.25, -0.2) is 14.4 Å². The SMILES string of the molecule is Cc1c(C(=O)N2C[C@H]3CC[C@H]2C3)sc2ncnc(NCc3ccccc3F)c12. The molecule has 0 radical (unpaired) electrons. The molecule has 1 aliphatic carbocycles. The molecule has 7 heteroatoms. The largest absolute Gasteiger partial charge is 0.365 e. The molecule has 2 atom stereocenters. The normalized spacial score (nSPS) is 20.9. The minimum atomic E-state index is -0.248. The average Bonchev–Trinajstić information content (AvgIpc) is 3.42. The van der Waals surface area contributed by atoms with Crippen LogP contribution in [0, 0.1) is 18.7 Å². The van der Waals surface area contributed by atoms with Gasteiger partial charge in [0.15, 0.2) is 0 Å². The van der Waals surface area contributed by atoms with Crippen LogP contribution >= 0.6 is 11.3 Å². The highest BCUT2D eigenvalue weighted by atomic mass is 32.1. The van der Waals surface area contributed by atoms with E-state index in [1.54, 1.807) is 12.1 Å². The zero-order chi connectivity index (χ0) is 19.3. The third-order valence-corrected chi connectivity index (χ3v) is 7.18. The van der Waals surface area contributed by atoms with E-state index in [1.165, 1.54) is 30.2 Å². The first-order chi connectivity index (χ1) is 13.6. The Labute approximate surface area is 166 Å². The number of rotatable bonds is 4. The van der Waals surface area contributed by atoms with Crippen LogP contribution in [0.4, 0.5) is 10.2 Å². The summed E-state index contributed by atoms with van der Waals surface area (Å²) in [6, 6.07) is 7.08. The number of likely N-dealkylation sites (tertiary alicyclic amines) is 1. The monoisotopic (exact) mass is 396 g/mol. The van der Waals surface area contributed by atoms with Crippen LogP contribution in [0.1, 0.15) is 40.1 Å². The Morgan fingerprint density at radius 2 is 2.18 bits per heavy atom. The lowest BCUT2D eigenvalue weighted by Crippen LogP contribution is -2.37. The number of nitrogens with one attached hydrogen (secondary N) is 1. The Morgan fingerprint density at radius 3 is 2.93 bits per heavy atom. The van der Waals surface area contributed by atoms with Gasteiger partial charge >= 0.3 is 0 Å². The first-order valence-electron chi connectivity index (χ1n) is 9.64. The van der Waals surface area contributed by atoms with Crippen molar-refractivity contribution in [1.29, 1.82) is 0 Å². The van der Waals surface area contributed by atoms with Gasteiger partial charge in [0.05, 0.1) is 10.3 Å². The maximum absolute atomic E-state index is 13.9. The third-order valence-electron chi connectivity index (χ3n) is 6.00. The highest BCUT2D eigenvalue weighted by Gasteiger charge is 2.41. The molecule has 3 heterocycles. The minimum absolute atomic E-state index is 0.118. The molecule has 0 spiro atoms. The summed E-state index contributed by atoms with van der Waals surface area (Å²) in [4.78, 5) is 25.5. The fourth-order valence-electron chi connectivity index (χ4n) is 4.53. The predicted octanol–water partition coefficient (Wildman–Crippen LogP) is 4.38. The molecule has 0 unspecified atom stereocenters. The number of carbonyl (C=O) groups excluding carboxylic acids is 1. The fourth-order valence-corrected chi connectivity index (χ4v) is 5.64. The van der Waals surface area contributed by atoms with Crippen molar-refractivity contribution in [2.24, 2.45) is 5.92 Å². The van der Waals surface area contributed by atoms with E-state index in [0.29, 0.717) is 29.9 Å². The van der Waals surface area contributed by atoms with Crippen molar-refractivity contribution in [2.45, 2.75) is 38.8 Å². The lowest BCUT2D eigenvalue weighted by molar-refractivity contribution is 0.0708. The molecule has 3 aromatic rings. The van der Waals surface area contributed by atoms with E-state index in [1.807, 2.05) is 17.9 Å². The third kappa shape index (κ3) is 2.85. The van der Waals surface area contributed by atoms with Crippen molar-refractivity contribution in [2.75, 3.05) is 11.9 Å². The van der Waals surface area contributed by atoms with Crippen LogP contribution in [-0.2, 0) is 6.54 Å². The Balaban J connectivity index is 1.45. The second-order valence-corrected chi connectivity index (χ2v) is 8.69. The van der Waals surface area contributed by atoms with Gasteiger partial charge in [-0.05, 0) is 43.7 Å². The number of aryl methyl sites for hydroxylation is 1. The number of anilines is 1. The smallest absolute Gasteiger partial charge is 0.264 e. The first-order valence-corrected chi connectivity index (χ1v) is 10.5. The van der Waals surface area contributed by atoms with E-state index < -0.39 is 0 Å². The van der Waals surface area contributed by atoms with Gasteiger partial charge in [-0.2, -0.15) is 0 Å². The topological polar surface area (TPSA) is 58.1 Å². The standard InChI is InChI=1S/C21H21FN4OS/c1-12-17-19(23-9-14-4-2-3-5-16(14)22)24-11-25-20(17)28-18(12)21(27)26-10-13-6-7-15(26)8-13/h2-5,11,13,15H,6-10H2,1H3,(H,23,24,25)/t13-,15-/m0/s1.